The van der Waals surface area contributed by atoms with E-state index >= 15 is 0 Å². The Hall–Kier alpha value is -6.70. The first-order valence-corrected chi connectivity index (χ1v) is 17.6. The SMILES string of the molecule is c1ccc(-c2cc3c(ccc4ccccc43)cc2-c2c3ccccc3c(-c3cccc4oc5ccc6ccccc6c5c34)c3ccccc23)cc1. The zero-order valence-corrected chi connectivity index (χ0v) is 27.7. The third-order valence-corrected chi connectivity index (χ3v) is 10.8. The Morgan fingerprint density at radius 1 is 0.275 bits per heavy atom. The second-order valence-electron chi connectivity index (χ2n) is 13.6. The molecule has 1 heterocycles. The van der Waals surface area contributed by atoms with Crippen LogP contribution in [0, 0.1) is 0 Å². The fourth-order valence-corrected chi connectivity index (χ4v) is 8.62. The monoisotopic (exact) mass is 646 g/mol. The van der Waals surface area contributed by atoms with Crippen molar-refractivity contribution in [3.63, 3.8) is 0 Å². The Morgan fingerprint density at radius 2 is 0.804 bits per heavy atom. The highest BCUT2D eigenvalue weighted by atomic mass is 16.3. The summed E-state index contributed by atoms with van der Waals surface area (Å²) in [5, 5.41) is 14.7. The van der Waals surface area contributed by atoms with E-state index in [2.05, 4.69) is 182 Å². The number of fused-ring (bicyclic) bond motifs is 10. The van der Waals surface area contributed by atoms with E-state index in [-0.39, 0.29) is 0 Å². The van der Waals surface area contributed by atoms with Gasteiger partial charge in [-0.25, -0.2) is 0 Å². The maximum atomic E-state index is 6.58. The van der Waals surface area contributed by atoms with Crippen LogP contribution < -0.4 is 0 Å². The van der Waals surface area contributed by atoms with Crippen molar-refractivity contribution in [1.82, 2.24) is 0 Å². The maximum absolute atomic E-state index is 6.58. The molecule has 51 heavy (non-hydrogen) atoms. The van der Waals surface area contributed by atoms with Gasteiger partial charge in [0.1, 0.15) is 11.2 Å². The van der Waals surface area contributed by atoms with Crippen LogP contribution in [-0.2, 0) is 0 Å². The topological polar surface area (TPSA) is 13.1 Å². The van der Waals surface area contributed by atoms with Gasteiger partial charge in [0, 0.05) is 10.8 Å². The van der Waals surface area contributed by atoms with Crippen LogP contribution >= 0.6 is 0 Å². The van der Waals surface area contributed by atoms with Gasteiger partial charge in [-0.15, -0.1) is 0 Å². The number of benzene rings is 10. The average Bonchev–Trinajstić information content (AvgIpc) is 3.60. The van der Waals surface area contributed by atoms with Crippen molar-refractivity contribution in [1.29, 1.82) is 0 Å². The molecule has 1 aromatic heterocycles. The number of hydrogen-bond donors (Lipinski definition) is 0. The van der Waals surface area contributed by atoms with Crippen molar-refractivity contribution in [2.45, 2.75) is 0 Å². The van der Waals surface area contributed by atoms with Gasteiger partial charge < -0.3 is 4.42 Å². The Balaban J connectivity index is 1.30. The zero-order valence-electron chi connectivity index (χ0n) is 27.7. The van der Waals surface area contributed by atoms with Gasteiger partial charge in [0.25, 0.3) is 0 Å². The highest BCUT2D eigenvalue weighted by molar-refractivity contribution is 6.29. The summed E-state index contributed by atoms with van der Waals surface area (Å²) in [6, 6.07) is 66.4. The molecule has 0 N–H and O–H groups in total. The van der Waals surface area contributed by atoms with Crippen LogP contribution in [0.15, 0.2) is 186 Å². The van der Waals surface area contributed by atoms with E-state index in [0.717, 1.165) is 16.6 Å². The predicted octanol–water partition coefficient (Wildman–Crippen LogP) is 14.4. The molecule has 0 unspecified atom stereocenters. The number of hydrogen-bond acceptors (Lipinski definition) is 1. The summed E-state index contributed by atoms with van der Waals surface area (Å²) >= 11 is 0. The highest BCUT2D eigenvalue weighted by Crippen LogP contribution is 2.50. The van der Waals surface area contributed by atoms with Crippen LogP contribution in [0.3, 0.4) is 0 Å². The maximum Gasteiger partial charge on any atom is 0.136 e. The van der Waals surface area contributed by atoms with Gasteiger partial charge in [0.05, 0.1) is 0 Å². The molecule has 0 fully saturated rings. The Labute approximate surface area is 294 Å². The quantitative estimate of drug-likeness (QED) is 0.138. The largest absolute Gasteiger partial charge is 0.456 e. The first-order chi connectivity index (χ1) is 25.3. The van der Waals surface area contributed by atoms with E-state index in [1.807, 2.05) is 0 Å². The van der Waals surface area contributed by atoms with Crippen LogP contribution in [0.2, 0.25) is 0 Å². The van der Waals surface area contributed by atoms with Crippen molar-refractivity contribution >= 4 is 75.8 Å². The minimum atomic E-state index is 0.907. The van der Waals surface area contributed by atoms with Crippen molar-refractivity contribution in [3.05, 3.63) is 182 Å². The van der Waals surface area contributed by atoms with E-state index in [1.54, 1.807) is 0 Å². The summed E-state index contributed by atoms with van der Waals surface area (Å²) in [5.41, 5.74) is 9.18. The second kappa shape index (κ2) is 10.9. The molecule has 0 aliphatic heterocycles. The third-order valence-electron chi connectivity index (χ3n) is 10.8. The molecular formula is C50H30O. The van der Waals surface area contributed by atoms with Gasteiger partial charge in [0.15, 0.2) is 0 Å². The molecule has 1 nitrogen and oxygen atoms in total. The van der Waals surface area contributed by atoms with E-state index in [9.17, 15) is 0 Å². The number of rotatable bonds is 3. The normalized spacial score (nSPS) is 11.9. The average molecular weight is 647 g/mol. The predicted molar refractivity (Wildman–Crippen MR) is 218 cm³/mol. The summed E-state index contributed by atoms with van der Waals surface area (Å²) in [5.74, 6) is 0. The summed E-state index contributed by atoms with van der Waals surface area (Å²) < 4.78 is 6.58. The fraction of sp³-hybridized carbons (Fsp3) is 0. The smallest absolute Gasteiger partial charge is 0.136 e. The Morgan fingerprint density at radius 3 is 1.51 bits per heavy atom. The minimum absolute atomic E-state index is 0.907. The lowest BCUT2D eigenvalue weighted by Crippen LogP contribution is -1.94. The molecule has 0 radical (unpaired) electrons. The van der Waals surface area contributed by atoms with E-state index in [0.29, 0.717) is 0 Å². The summed E-state index contributed by atoms with van der Waals surface area (Å²) in [6.07, 6.45) is 0. The molecule has 0 spiro atoms. The van der Waals surface area contributed by atoms with Crippen molar-refractivity contribution in [2.75, 3.05) is 0 Å². The van der Waals surface area contributed by atoms with Gasteiger partial charge in [-0.1, -0.05) is 158 Å². The lowest BCUT2D eigenvalue weighted by atomic mass is 9.82. The standard InChI is InChI=1S/C50H30O/c1-2-13-31(14-3-1)42-30-43-34(26-25-32-15-4-6-17-35(32)43)29-44(42)48-39-21-10-8-19-37(39)47(38-20-9-11-22-40(38)48)41-23-12-24-45-50(41)49-36-18-7-5-16-33(36)27-28-46(49)51-45/h1-30H. The molecule has 0 bridgehead atoms. The molecule has 0 aliphatic rings. The molecule has 11 rings (SSSR count). The summed E-state index contributed by atoms with van der Waals surface area (Å²) in [6.45, 7) is 0. The van der Waals surface area contributed by atoms with E-state index in [4.69, 9.17) is 4.42 Å². The molecular weight excluding hydrogens is 617 g/mol. The van der Waals surface area contributed by atoms with Crippen LogP contribution in [0.25, 0.3) is 109 Å². The molecule has 0 saturated heterocycles. The molecule has 236 valence electrons. The minimum Gasteiger partial charge on any atom is -0.456 e. The number of furan rings is 1. The molecule has 0 atom stereocenters. The second-order valence-corrected chi connectivity index (χ2v) is 13.6. The molecule has 0 amide bonds. The van der Waals surface area contributed by atoms with E-state index in [1.165, 1.54) is 92.6 Å². The lowest BCUT2D eigenvalue weighted by molar-refractivity contribution is 0.669. The van der Waals surface area contributed by atoms with Gasteiger partial charge in [0.2, 0.25) is 0 Å². The molecule has 10 aromatic carbocycles. The third kappa shape index (κ3) is 4.16. The van der Waals surface area contributed by atoms with Crippen LogP contribution in [0.4, 0.5) is 0 Å². The highest BCUT2D eigenvalue weighted by Gasteiger charge is 2.23. The molecule has 11 aromatic rings. The Kier molecular flexibility index (Phi) is 6.02. The van der Waals surface area contributed by atoms with Crippen molar-refractivity contribution in [3.8, 4) is 33.4 Å². The first kappa shape index (κ1) is 28.2. The van der Waals surface area contributed by atoms with Crippen LogP contribution in [-0.4, -0.2) is 0 Å². The Bertz CT molecular complexity index is 3130. The van der Waals surface area contributed by atoms with Gasteiger partial charge in [-0.3, -0.25) is 0 Å². The lowest BCUT2D eigenvalue weighted by Gasteiger charge is -2.21. The molecule has 0 aliphatic carbocycles. The van der Waals surface area contributed by atoms with Crippen molar-refractivity contribution in [2.24, 2.45) is 0 Å². The van der Waals surface area contributed by atoms with Crippen LogP contribution in [0.1, 0.15) is 0 Å². The first-order valence-electron chi connectivity index (χ1n) is 17.6. The molecule has 0 saturated carbocycles. The van der Waals surface area contributed by atoms with Gasteiger partial charge in [-0.2, -0.15) is 0 Å². The van der Waals surface area contributed by atoms with Gasteiger partial charge in [-0.05, 0) is 112 Å². The fourth-order valence-electron chi connectivity index (χ4n) is 8.62. The molecule has 1 heteroatoms. The summed E-state index contributed by atoms with van der Waals surface area (Å²) in [7, 11) is 0. The van der Waals surface area contributed by atoms with E-state index < -0.39 is 0 Å². The van der Waals surface area contributed by atoms with Gasteiger partial charge >= 0.3 is 0 Å². The zero-order chi connectivity index (χ0) is 33.5. The van der Waals surface area contributed by atoms with Crippen molar-refractivity contribution < 1.29 is 4.42 Å². The van der Waals surface area contributed by atoms with Crippen LogP contribution in [0.5, 0.6) is 0 Å². The summed E-state index contributed by atoms with van der Waals surface area (Å²) in [4.78, 5) is 0.